The van der Waals surface area contributed by atoms with Crippen molar-refractivity contribution in [2.24, 2.45) is 0 Å². The third kappa shape index (κ3) is 1.00. The Balaban J connectivity index is 2.93. The maximum Gasteiger partial charge on any atom is 0.391 e. The average Bonchev–Trinajstić information content (AvgIpc) is 2.46. The Labute approximate surface area is 79.1 Å². The summed E-state index contributed by atoms with van der Waals surface area (Å²) in [5.74, 6) is 0.361. The van der Waals surface area contributed by atoms with Crippen LogP contribution in [-0.4, -0.2) is 14.3 Å². The van der Waals surface area contributed by atoms with Gasteiger partial charge in [0.25, 0.3) is 0 Å². The molecule has 6 heteroatoms. The van der Waals surface area contributed by atoms with Gasteiger partial charge in [0.2, 0.25) is 5.82 Å². The zero-order valence-corrected chi connectivity index (χ0v) is 7.47. The lowest BCUT2D eigenvalue weighted by Crippen LogP contribution is -1.94. The highest BCUT2D eigenvalue weighted by Crippen LogP contribution is 2.24. The second-order valence-corrected chi connectivity index (χ2v) is 2.92. The van der Waals surface area contributed by atoms with E-state index in [4.69, 9.17) is 5.73 Å². The highest BCUT2D eigenvalue weighted by atomic mass is 16.6. The number of nitrogen functional groups attached to an aromatic ring is 1. The molecule has 6 nitrogen and oxygen atoms in total. The molecule has 0 aromatic carbocycles. The molecular weight excluding hydrogens is 184 g/mol. The normalized spacial score (nSPS) is 10.6. The summed E-state index contributed by atoms with van der Waals surface area (Å²) in [7, 11) is 0. The van der Waals surface area contributed by atoms with Crippen LogP contribution in [0, 0.1) is 17.0 Å². The van der Waals surface area contributed by atoms with Crippen LogP contribution in [0.4, 0.5) is 11.5 Å². The Bertz CT molecular complexity index is 517. The number of anilines is 1. The van der Waals surface area contributed by atoms with E-state index in [9.17, 15) is 10.1 Å². The molecule has 0 saturated heterocycles. The van der Waals surface area contributed by atoms with Gasteiger partial charge < -0.3 is 15.8 Å². The second kappa shape index (κ2) is 2.69. The van der Waals surface area contributed by atoms with E-state index in [1.54, 1.807) is 29.7 Å². The van der Waals surface area contributed by atoms with E-state index in [-0.39, 0.29) is 5.82 Å². The van der Waals surface area contributed by atoms with Crippen molar-refractivity contribution in [1.29, 1.82) is 0 Å². The maximum absolute atomic E-state index is 10.7. The Kier molecular flexibility index (Phi) is 1.63. The summed E-state index contributed by atoms with van der Waals surface area (Å²) in [6, 6.07) is 3.34. The molecule has 0 aliphatic heterocycles. The van der Waals surface area contributed by atoms with Crippen LogP contribution in [0.3, 0.4) is 0 Å². The van der Waals surface area contributed by atoms with Gasteiger partial charge in [-0.15, -0.1) is 0 Å². The van der Waals surface area contributed by atoms with E-state index >= 15 is 0 Å². The van der Waals surface area contributed by atoms with Gasteiger partial charge >= 0.3 is 5.82 Å². The molecule has 2 N–H and O–H groups in total. The van der Waals surface area contributed by atoms with E-state index in [1.165, 1.54) is 0 Å². The van der Waals surface area contributed by atoms with Crippen LogP contribution in [0.1, 0.15) is 5.82 Å². The van der Waals surface area contributed by atoms with Gasteiger partial charge in [0, 0.05) is 13.1 Å². The van der Waals surface area contributed by atoms with Crippen molar-refractivity contribution in [3.8, 4) is 0 Å². The Hall–Kier alpha value is -2.11. The standard InChI is InChI=1S/C8H8N4O2/c1-5-10-8(12(13)14)7-6(9)3-2-4-11(5)7/h2-4H,9H2,1H3. The summed E-state index contributed by atoms with van der Waals surface area (Å²) in [6.45, 7) is 1.69. The number of nitrogens with two attached hydrogens (primary N) is 1. The molecule has 0 atom stereocenters. The molecule has 2 aromatic heterocycles. The summed E-state index contributed by atoms with van der Waals surface area (Å²) >= 11 is 0. The molecule has 2 aromatic rings. The number of hydrogen-bond donors (Lipinski definition) is 1. The fourth-order valence-corrected chi connectivity index (χ4v) is 1.42. The van der Waals surface area contributed by atoms with E-state index in [0.717, 1.165) is 0 Å². The molecule has 2 rings (SSSR count). The molecule has 0 amide bonds. The maximum atomic E-state index is 10.7. The Morgan fingerprint density at radius 2 is 2.36 bits per heavy atom. The minimum Gasteiger partial charge on any atom is -0.397 e. The zero-order chi connectivity index (χ0) is 10.3. The number of nitro groups is 1. The molecule has 0 saturated carbocycles. The molecule has 0 bridgehead atoms. The Morgan fingerprint density at radius 3 is 3.00 bits per heavy atom. The molecule has 72 valence electrons. The summed E-state index contributed by atoms with van der Waals surface area (Å²) in [5.41, 5.74) is 6.36. The number of rotatable bonds is 1. The van der Waals surface area contributed by atoms with Crippen LogP contribution < -0.4 is 5.73 Å². The van der Waals surface area contributed by atoms with Crippen LogP contribution in [-0.2, 0) is 0 Å². The van der Waals surface area contributed by atoms with E-state index < -0.39 is 4.92 Å². The van der Waals surface area contributed by atoms with Crippen LogP contribution >= 0.6 is 0 Å². The predicted molar refractivity (Wildman–Crippen MR) is 51.0 cm³/mol. The first-order chi connectivity index (χ1) is 6.61. The quantitative estimate of drug-likeness (QED) is 0.542. The monoisotopic (exact) mass is 192 g/mol. The molecule has 0 unspecified atom stereocenters. The SMILES string of the molecule is Cc1nc([N+](=O)[O-])c2c(N)cccn12. The van der Waals surface area contributed by atoms with Crippen molar-refractivity contribution in [3.63, 3.8) is 0 Å². The first-order valence-electron chi connectivity index (χ1n) is 3.99. The van der Waals surface area contributed by atoms with Crippen molar-refractivity contribution < 1.29 is 4.92 Å². The fourth-order valence-electron chi connectivity index (χ4n) is 1.42. The molecule has 0 radical (unpaired) electrons. The topological polar surface area (TPSA) is 86.5 Å². The lowest BCUT2D eigenvalue weighted by molar-refractivity contribution is -0.387. The molecule has 2 heterocycles. The number of pyridine rings is 1. The summed E-state index contributed by atoms with van der Waals surface area (Å²) < 4.78 is 1.60. The number of imidazole rings is 1. The van der Waals surface area contributed by atoms with Crippen LogP contribution in [0.5, 0.6) is 0 Å². The third-order valence-electron chi connectivity index (χ3n) is 2.03. The smallest absolute Gasteiger partial charge is 0.391 e. The van der Waals surface area contributed by atoms with Gasteiger partial charge in [-0.1, -0.05) is 0 Å². The van der Waals surface area contributed by atoms with Gasteiger partial charge in [0.15, 0.2) is 5.52 Å². The fraction of sp³-hybridized carbons (Fsp3) is 0.125. The minimum absolute atomic E-state index is 0.194. The highest BCUT2D eigenvalue weighted by molar-refractivity contribution is 5.78. The van der Waals surface area contributed by atoms with E-state index in [2.05, 4.69) is 4.98 Å². The first kappa shape index (κ1) is 8.49. The number of aromatic nitrogens is 2. The van der Waals surface area contributed by atoms with Crippen molar-refractivity contribution in [2.45, 2.75) is 6.92 Å². The Morgan fingerprint density at radius 1 is 1.64 bits per heavy atom. The predicted octanol–water partition coefficient (Wildman–Crippen LogP) is 1.13. The van der Waals surface area contributed by atoms with Crippen LogP contribution in [0.2, 0.25) is 0 Å². The molecule has 0 aliphatic rings. The highest BCUT2D eigenvalue weighted by Gasteiger charge is 2.20. The summed E-state index contributed by atoms with van der Waals surface area (Å²) in [6.07, 6.45) is 1.70. The number of nitrogens with zero attached hydrogens (tertiary/aromatic N) is 3. The van der Waals surface area contributed by atoms with Gasteiger partial charge in [0.1, 0.15) is 0 Å². The van der Waals surface area contributed by atoms with Crippen LogP contribution in [0.25, 0.3) is 5.52 Å². The largest absolute Gasteiger partial charge is 0.397 e. The number of fused-ring (bicyclic) bond motifs is 1. The van der Waals surface area contributed by atoms with Gasteiger partial charge in [-0.3, -0.25) is 4.40 Å². The second-order valence-electron chi connectivity index (χ2n) is 2.92. The molecule has 14 heavy (non-hydrogen) atoms. The van der Waals surface area contributed by atoms with Crippen molar-refractivity contribution in [2.75, 3.05) is 5.73 Å². The van der Waals surface area contributed by atoms with Crippen molar-refractivity contribution >= 4 is 17.0 Å². The first-order valence-corrected chi connectivity index (χ1v) is 3.99. The average molecular weight is 192 g/mol. The van der Waals surface area contributed by atoms with Crippen molar-refractivity contribution in [3.05, 3.63) is 34.3 Å². The number of aryl methyl sites for hydroxylation is 1. The summed E-state index contributed by atoms with van der Waals surface area (Å²) in [4.78, 5) is 14.0. The lowest BCUT2D eigenvalue weighted by atomic mass is 10.3. The zero-order valence-electron chi connectivity index (χ0n) is 7.47. The van der Waals surface area contributed by atoms with Gasteiger partial charge in [0.05, 0.1) is 5.69 Å². The summed E-state index contributed by atoms with van der Waals surface area (Å²) in [5, 5.41) is 10.7. The molecular formula is C8H8N4O2. The van der Waals surface area contributed by atoms with E-state index in [0.29, 0.717) is 17.0 Å². The van der Waals surface area contributed by atoms with Gasteiger partial charge in [-0.25, -0.2) is 0 Å². The van der Waals surface area contributed by atoms with Crippen molar-refractivity contribution in [1.82, 2.24) is 9.38 Å². The lowest BCUT2D eigenvalue weighted by Gasteiger charge is -1.96. The van der Waals surface area contributed by atoms with E-state index in [1.807, 2.05) is 0 Å². The van der Waals surface area contributed by atoms with Gasteiger partial charge in [-0.2, -0.15) is 0 Å². The molecule has 0 aliphatic carbocycles. The third-order valence-corrected chi connectivity index (χ3v) is 2.03. The minimum atomic E-state index is -0.529. The number of hydrogen-bond acceptors (Lipinski definition) is 4. The molecule has 0 fully saturated rings. The molecule has 0 spiro atoms. The van der Waals surface area contributed by atoms with Crippen LogP contribution in [0.15, 0.2) is 18.3 Å². The van der Waals surface area contributed by atoms with Gasteiger partial charge in [-0.05, 0) is 22.0 Å².